The van der Waals surface area contributed by atoms with Crippen molar-refractivity contribution >= 4 is 21.9 Å². The van der Waals surface area contributed by atoms with Crippen molar-refractivity contribution in [1.29, 1.82) is 0 Å². The third kappa shape index (κ3) is 5.52. The minimum atomic E-state index is -0.595. The van der Waals surface area contributed by atoms with E-state index in [0.717, 1.165) is 50.9 Å². The number of alkyl halides is 1. The van der Waals surface area contributed by atoms with Crippen LogP contribution in [-0.4, -0.2) is 31.3 Å². The number of carbonyl (C=O) groups excluding carboxylic acids is 1. The zero-order chi connectivity index (χ0) is 32.9. The zero-order valence-electron chi connectivity index (χ0n) is 28.6. The van der Waals surface area contributed by atoms with Gasteiger partial charge >= 0.3 is 17.3 Å². The molecule has 1 aromatic carbocycles. The average Bonchev–Trinajstić information content (AvgIpc) is 3.53. The van der Waals surface area contributed by atoms with Gasteiger partial charge in [-0.15, -0.1) is 0 Å². The minimum Gasteiger partial charge on any atom is -0.462 e. The summed E-state index contributed by atoms with van der Waals surface area (Å²) in [4.78, 5) is 41.0. The molecule has 6 rings (SSSR count). The van der Waals surface area contributed by atoms with Gasteiger partial charge in [0.1, 0.15) is 11.4 Å². The van der Waals surface area contributed by atoms with E-state index in [1.165, 1.54) is 30.3 Å². The summed E-state index contributed by atoms with van der Waals surface area (Å²) in [5.41, 5.74) is -0.423. The third-order valence-corrected chi connectivity index (χ3v) is 13.5. The lowest BCUT2D eigenvalue weighted by atomic mass is 9.47. The van der Waals surface area contributed by atoms with Gasteiger partial charge in [-0.05, 0) is 104 Å². The number of ether oxygens (including phenoxy) is 1. The van der Waals surface area contributed by atoms with Gasteiger partial charge in [0.15, 0.2) is 0 Å². The number of esters is 1. The molecule has 1 aliphatic heterocycles. The molecule has 3 saturated carbocycles. The average molecular weight is 697 g/mol. The van der Waals surface area contributed by atoms with Crippen LogP contribution in [0.1, 0.15) is 105 Å². The molecule has 8 heteroatoms. The summed E-state index contributed by atoms with van der Waals surface area (Å²) in [7, 11) is 0. The Morgan fingerprint density at radius 2 is 1.65 bits per heavy atom. The molecule has 3 aliphatic carbocycles. The fourth-order valence-corrected chi connectivity index (χ4v) is 11.0. The molecule has 46 heavy (non-hydrogen) atoms. The topological polar surface area (TPSA) is 75.2 Å². The molecule has 7 nitrogen and oxygen atoms in total. The highest BCUT2D eigenvalue weighted by Gasteiger charge is 2.66. The number of allylic oxidation sites excluding steroid dienone is 2. The number of nitrogens with zero attached hydrogens (tertiary/aromatic N) is 3. The first kappa shape index (κ1) is 33.5. The van der Waals surface area contributed by atoms with E-state index in [-0.39, 0.29) is 51.4 Å². The Hall–Kier alpha value is -2.35. The molecule has 0 saturated heterocycles. The molecular formula is C38H54BrN3O4. The maximum Gasteiger partial charge on any atom is 0.352 e. The van der Waals surface area contributed by atoms with Gasteiger partial charge in [-0.25, -0.2) is 23.5 Å². The normalized spacial score (nSPS) is 34.4. The Bertz CT molecular complexity index is 1550. The molecule has 0 amide bonds. The zero-order valence-corrected chi connectivity index (χ0v) is 30.1. The molecule has 3 fully saturated rings. The van der Waals surface area contributed by atoms with Gasteiger partial charge in [-0.3, -0.25) is 4.79 Å². The van der Waals surface area contributed by atoms with Gasteiger partial charge in [0.05, 0.1) is 17.8 Å². The Morgan fingerprint density at radius 1 is 0.935 bits per heavy atom. The van der Waals surface area contributed by atoms with Crippen LogP contribution in [-0.2, 0) is 21.6 Å². The van der Waals surface area contributed by atoms with Crippen molar-refractivity contribution < 1.29 is 9.53 Å². The first-order chi connectivity index (χ1) is 22.0. The molecule has 0 N–H and O–H groups in total. The number of halogens is 1. The van der Waals surface area contributed by atoms with E-state index in [1.54, 1.807) is 4.68 Å². The number of aromatic nitrogens is 3. The van der Waals surface area contributed by atoms with E-state index >= 15 is 0 Å². The summed E-state index contributed by atoms with van der Waals surface area (Å²) in [5.74, 6) is 2.18. The lowest BCUT2D eigenvalue weighted by Crippen LogP contribution is -2.64. The standard InChI is InChI=1S/C38H54BrN3O4/c1-26(2)11-9-12-27(3)30-15-16-32-37(30,5)23-19-31(36(4)21-17-29(18-22-36)46-33(43)25-39)38(32)20-10-24-40-34(44)41(35(45)42(38)40)28-13-7-6-8-14-28/h6-8,10,13-14,20,26-27,29-32H,9,11-12,15-19,21-25H2,1-5H3/t27-,29-,30?,31-,32-,36-,37-,38-/m1/s1. The summed E-state index contributed by atoms with van der Waals surface area (Å²) in [6.45, 7) is 12.4. The molecule has 1 unspecified atom stereocenters. The van der Waals surface area contributed by atoms with Crippen molar-refractivity contribution in [2.75, 3.05) is 5.33 Å². The van der Waals surface area contributed by atoms with Crippen LogP contribution in [0.2, 0.25) is 0 Å². The monoisotopic (exact) mass is 695 g/mol. The Labute approximate surface area is 282 Å². The van der Waals surface area contributed by atoms with Crippen LogP contribution >= 0.6 is 15.9 Å². The predicted octanol–water partition coefficient (Wildman–Crippen LogP) is 7.86. The molecular weight excluding hydrogens is 642 g/mol. The summed E-state index contributed by atoms with van der Waals surface area (Å²) in [6.07, 6.45) is 16.2. The van der Waals surface area contributed by atoms with Gasteiger partial charge < -0.3 is 4.74 Å². The van der Waals surface area contributed by atoms with Crippen LogP contribution in [0, 0.1) is 40.4 Å². The fourth-order valence-electron chi connectivity index (χ4n) is 10.9. The molecule has 0 bridgehead atoms. The van der Waals surface area contributed by atoms with Crippen molar-refractivity contribution in [3.05, 3.63) is 63.5 Å². The number of fused-ring (bicyclic) bond motifs is 4. The SMILES string of the molecule is CC(C)CCC[C@@H](C)C1CC[C@H]2[C@@]3(C=CCn4c(=O)n(-c5ccccc5)c(=O)n43)[C@@H]([C@]3(C)CC[C@@H](OC(=O)CBr)CC3)CC[C@]12C. The highest BCUT2D eigenvalue weighted by atomic mass is 79.9. The van der Waals surface area contributed by atoms with Crippen molar-refractivity contribution in [3.63, 3.8) is 0 Å². The summed E-state index contributed by atoms with van der Waals surface area (Å²) in [5, 5.41) is 0.216. The van der Waals surface area contributed by atoms with E-state index < -0.39 is 5.54 Å². The Balaban J connectivity index is 1.45. The number of para-hydroxylation sites is 1. The highest BCUT2D eigenvalue weighted by Crippen LogP contribution is 2.68. The number of rotatable bonds is 9. The van der Waals surface area contributed by atoms with E-state index in [2.05, 4.69) is 62.7 Å². The minimum absolute atomic E-state index is 0.0591. The van der Waals surface area contributed by atoms with Crippen LogP contribution in [0.15, 0.2) is 52.1 Å². The van der Waals surface area contributed by atoms with Crippen molar-refractivity contribution in [2.45, 2.75) is 123 Å². The summed E-state index contributed by atoms with van der Waals surface area (Å²) < 4.78 is 10.9. The third-order valence-electron chi connectivity index (χ3n) is 13.0. The quantitative estimate of drug-likeness (QED) is 0.152. The van der Waals surface area contributed by atoms with Crippen LogP contribution in [0.25, 0.3) is 5.69 Å². The van der Waals surface area contributed by atoms with Crippen molar-refractivity contribution in [1.82, 2.24) is 13.9 Å². The Morgan fingerprint density at radius 3 is 2.33 bits per heavy atom. The van der Waals surface area contributed by atoms with Gasteiger partial charge in [0.25, 0.3) is 0 Å². The smallest absolute Gasteiger partial charge is 0.352 e. The second-order valence-corrected chi connectivity index (χ2v) is 16.6. The maximum absolute atomic E-state index is 14.8. The number of benzene rings is 1. The lowest BCUT2D eigenvalue weighted by Gasteiger charge is -2.61. The first-order valence-corrected chi connectivity index (χ1v) is 19.0. The van der Waals surface area contributed by atoms with Gasteiger partial charge in [-0.2, -0.15) is 0 Å². The maximum atomic E-state index is 14.8. The number of carbonyl (C=O) groups is 1. The van der Waals surface area contributed by atoms with Gasteiger partial charge in [0, 0.05) is 0 Å². The lowest BCUT2D eigenvalue weighted by molar-refractivity contribution is -0.152. The van der Waals surface area contributed by atoms with E-state index in [0.29, 0.717) is 24.1 Å². The van der Waals surface area contributed by atoms with Gasteiger partial charge in [0.2, 0.25) is 0 Å². The second kappa shape index (κ2) is 12.9. The molecule has 0 radical (unpaired) electrons. The second-order valence-electron chi connectivity index (χ2n) is 16.0. The molecule has 1 aromatic heterocycles. The summed E-state index contributed by atoms with van der Waals surface area (Å²) >= 11 is 3.24. The van der Waals surface area contributed by atoms with E-state index in [9.17, 15) is 14.4 Å². The van der Waals surface area contributed by atoms with Crippen molar-refractivity contribution in [3.8, 4) is 5.69 Å². The summed E-state index contributed by atoms with van der Waals surface area (Å²) in [6, 6.07) is 9.42. The van der Waals surface area contributed by atoms with Crippen LogP contribution in [0.4, 0.5) is 0 Å². The molecule has 1 spiro atoms. The van der Waals surface area contributed by atoms with Gasteiger partial charge in [-0.1, -0.05) is 100 Å². The van der Waals surface area contributed by atoms with E-state index in [4.69, 9.17) is 4.74 Å². The number of hydrogen-bond donors (Lipinski definition) is 0. The molecule has 4 aliphatic rings. The molecule has 6 atom stereocenters. The predicted molar refractivity (Wildman–Crippen MR) is 187 cm³/mol. The van der Waals surface area contributed by atoms with Crippen molar-refractivity contribution in [2.24, 2.45) is 40.4 Å². The molecule has 252 valence electrons. The van der Waals surface area contributed by atoms with Crippen LogP contribution in [0.5, 0.6) is 0 Å². The van der Waals surface area contributed by atoms with E-state index in [1.807, 2.05) is 35.0 Å². The molecule has 2 aromatic rings. The van der Waals surface area contributed by atoms with Crippen LogP contribution < -0.4 is 11.4 Å². The first-order valence-electron chi connectivity index (χ1n) is 17.9. The molecule has 2 heterocycles. The highest BCUT2D eigenvalue weighted by molar-refractivity contribution is 9.09. The fraction of sp³-hybridized carbons (Fsp3) is 0.711. The number of hydrogen-bond acceptors (Lipinski definition) is 4. The Kier molecular flexibility index (Phi) is 9.43. The largest absolute Gasteiger partial charge is 0.462 e. The van der Waals surface area contributed by atoms with Crippen LogP contribution in [0.3, 0.4) is 0 Å².